The molecule has 0 heterocycles. The largest absolute Gasteiger partial charge is 0.465 e. The number of carbonyl (C=O) groups excluding carboxylic acids is 2. The summed E-state index contributed by atoms with van der Waals surface area (Å²) in [6.45, 7) is 7.46. The van der Waals surface area contributed by atoms with Crippen LogP contribution in [0.2, 0.25) is 0 Å². The maximum atomic E-state index is 12.5. The molecular weight excluding hydrogens is 346 g/mol. The fraction of sp³-hybridized carbons (Fsp3) is 0.619. The monoisotopic (exact) mass is 380 g/mol. The number of hydrogen-bond acceptors (Lipinski definition) is 5. The summed E-state index contributed by atoms with van der Waals surface area (Å²) in [4.78, 5) is 23.5. The summed E-state index contributed by atoms with van der Waals surface area (Å²) in [6, 6.07) is 8.11. The van der Waals surface area contributed by atoms with Gasteiger partial charge in [0.25, 0.3) is 0 Å². The Kier molecular flexibility index (Phi) is 8.93. The maximum absolute atomic E-state index is 12.5. The summed E-state index contributed by atoms with van der Waals surface area (Å²) in [5.74, 6) is -0.888. The molecule has 0 aromatic heterocycles. The van der Waals surface area contributed by atoms with Crippen LogP contribution in [0.25, 0.3) is 0 Å². The van der Waals surface area contributed by atoms with Crippen LogP contribution >= 0.6 is 0 Å². The summed E-state index contributed by atoms with van der Waals surface area (Å²) in [6.07, 6.45) is 1.15. The quantitative estimate of drug-likeness (QED) is 0.436. The average molecular weight is 381 g/mol. The molecule has 152 valence electrons. The van der Waals surface area contributed by atoms with Gasteiger partial charge in [0.15, 0.2) is 0 Å². The van der Waals surface area contributed by atoms with Gasteiger partial charge in [-0.05, 0) is 18.9 Å². The molecule has 0 aliphatic rings. The van der Waals surface area contributed by atoms with E-state index in [0.717, 1.165) is 29.6 Å². The van der Waals surface area contributed by atoms with Crippen LogP contribution in [-0.2, 0) is 37.0 Å². The summed E-state index contributed by atoms with van der Waals surface area (Å²) in [5.41, 5.74) is 1.14. The Morgan fingerprint density at radius 2 is 1.63 bits per heavy atom. The lowest BCUT2D eigenvalue weighted by Crippen LogP contribution is -2.39. The predicted molar refractivity (Wildman–Crippen MR) is 104 cm³/mol. The highest BCUT2D eigenvalue weighted by molar-refractivity contribution is 5.77. The predicted octanol–water partition coefficient (Wildman–Crippen LogP) is 2.93. The summed E-state index contributed by atoms with van der Waals surface area (Å²) in [7, 11) is 5.94. The van der Waals surface area contributed by atoms with E-state index in [0.29, 0.717) is 0 Å². The van der Waals surface area contributed by atoms with Gasteiger partial charge in [0.05, 0.1) is 27.2 Å². The minimum absolute atomic E-state index is 0.0711. The molecule has 0 fully saturated rings. The van der Waals surface area contributed by atoms with Gasteiger partial charge in [-0.1, -0.05) is 31.2 Å². The van der Waals surface area contributed by atoms with Gasteiger partial charge in [0.2, 0.25) is 0 Å². The van der Waals surface area contributed by atoms with Gasteiger partial charge in [-0.3, -0.25) is 9.59 Å². The van der Waals surface area contributed by atoms with Crippen molar-refractivity contribution in [2.24, 2.45) is 5.41 Å². The third-order valence-electron chi connectivity index (χ3n) is 4.38. The molecule has 1 atom stereocenters. The zero-order chi connectivity index (χ0) is 20.5. The summed E-state index contributed by atoms with van der Waals surface area (Å²) < 4.78 is 16.5. The zero-order valence-corrected chi connectivity index (χ0v) is 17.5. The Labute approximate surface area is 163 Å². The molecule has 6 nitrogen and oxygen atoms in total. The van der Waals surface area contributed by atoms with E-state index >= 15 is 0 Å². The first-order chi connectivity index (χ1) is 12.6. The molecule has 0 spiro atoms. The molecule has 1 aromatic carbocycles. The minimum Gasteiger partial charge on any atom is -0.465 e. The molecule has 1 unspecified atom stereocenters. The fourth-order valence-corrected chi connectivity index (χ4v) is 2.98. The molecule has 0 aliphatic carbocycles. The van der Waals surface area contributed by atoms with E-state index in [1.165, 1.54) is 19.6 Å². The molecule has 6 heteroatoms. The number of quaternary nitrogens is 1. The van der Waals surface area contributed by atoms with Crippen molar-refractivity contribution in [1.82, 2.24) is 0 Å². The van der Waals surface area contributed by atoms with Crippen LogP contribution in [0, 0.1) is 5.41 Å². The number of methoxy groups -OCH3 is 1. The van der Waals surface area contributed by atoms with Crippen LogP contribution in [0.3, 0.4) is 0 Å². The lowest BCUT2D eigenvalue weighted by Gasteiger charge is -2.29. The smallest absolute Gasteiger partial charge is 0.317 e. The van der Waals surface area contributed by atoms with Crippen molar-refractivity contribution in [2.75, 3.05) is 41.0 Å². The third kappa shape index (κ3) is 8.10. The van der Waals surface area contributed by atoms with Crippen molar-refractivity contribution in [3.8, 4) is 0 Å². The highest BCUT2D eigenvalue weighted by Crippen LogP contribution is 2.21. The molecule has 0 aliphatic heterocycles. The van der Waals surface area contributed by atoms with Crippen molar-refractivity contribution in [2.45, 2.75) is 40.3 Å². The van der Waals surface area contributed by atoms with Crippen LogP contribution in [0.1, 0.15) is 38.3 Å². The highest BCUT2D eigenvalue weighted by atomic mass is 16.6. The van der Waals surface area contributed by atoms with E-state index in [2.05, 4.69) is 33.2 Å². The number of benzene rings is 1. The first-order valence-electron chi connectivity index (χ1n) is 9.31. The number of ether oxygens (including phenoxy) is 3. The second kappa shape index (κ2) is 10.4. The van der Waals surface area contributed by atoms with E-state index < -0.39 is 17.4 Å². The van der Waals surface area contributed by atoms with Gasteiger partial charge in [0, 0.05) is 19.6 Å². The van der Waals surface area contributed by atoms with Gasteiger partial charge >= 0.3 is 11.9 Å². The second-order valence-corrected chi connectivity index (χ2v) is 7.98. The van der Waals surface area contributed by atoms with Crippen molar-refractivity contribution in [3.63, 3.8) is 0 Å². The van der Waals surface area contributed by atoms with Gasteiger partial charge in [-0.15, -0.1) is 0 Å². The van der Waals surface area contributed by atoms with Crippen LogP contribution < -0.4 is 0 Å². The highest BCUT2D eigenvalue weighted by Gasteiger charge is 2.36. The first-order valence-corrected chi connectivity index (χ1v) is 9.31. The fourth-order valence-electron chi connectivity index (χ4n) is 2.98. The molecule has 0 N–H and O–H groups in total. The van der Waals surface area contributed by atoms with E-state index in [9.17, 15) is 9.59 Å². The molecule has 27 heavy (non-hydrogen) atoms. The third-order valence-corrected chi connectivity index (χ3v) is 4.38. The van der Waals surface area contributed by atoms with Gasteiger partial charge in [-0.25, -0.2) is 0 Å². The Morgan fingerprint density at radius 1 is 1.04 bits per heavy atom. The molecule has 1 aromatic rings. The standard InChI is InChI=1S/C21H34NO5/c1-7-12-22(4,5)13-18-8-10-19(11-9-18)14-26-20(24)21(3,15-25-6)16-27-17(2)23/h8-11H,7,12-16H2,1-6H3/q+1. The van der Waals surface area contributed by atoms with Crippen LogP contribution in [0.5, 0.6) is 0 Å². The zero-order valence-electron chi connectivity index (χ0n) is 17.5. The Morgan fingerprint density at radius 3 is 2.15 bits per heavy atom. The molecule has 0 amide bonds. The average Bonchev–Trinajstić information content (AvgIpc) is 2.59. The topological polar surface area (TPSA) is 61.8 Å². The lowest BCUT2D eigenvalue weighted by atomic mass is 9.93. The molecule has 0 saturated heterocycles. The van der Waals surface area contributed by atoms with Gasteiger partial charge < -0.3 is 18.7 Å². The van der Waals surface area contributed by atoms with E-state index in [-0.39, 0.29) is 19.8 Å². The van der Waals surface area contributed by atoms with E-state index in [4.69, 9.17) is 14.2 Å². The molecule has 0 saturated carbocycles. The van der Waals surface area contributed by atoms with E-state index in [1.807, 2.05) is 12.1 Å². The van der Waals surface area contributed by atoms with Crippen LogP contribution in [0.15, 0.2) is 24.3 Å². The number of nitrogens with zero attached hydrogens (tertiary/aromatic N) is 1. The summed E-state index contributed by atoms with van der Waals surface area (Å²) >= 11 is 0. The molecule has 0 radical (unpaired) electrons. The number of carbonyl (C=O) groups is 2. The van der Waals surface area contributed by atoms with Crippen molar-refractivity contribution >= 4 is 11.9 Å². The van der Waals surface area contributed by atoms with Gasteiger partial charge in [0.1, 0.15) is 25.2 Å². The molecule has 1 rings (SSSR count). The minimum atomic E-state index is -1.03. The second-order valence-electron chi connectivity index (χ2n) is 7.98. The lowest BCUT2D eigenvalue weighted by molar-refractivity contribution is -0.903. The Hall–Kier alpha value is -1.92. The SMILES string of the molecule is CCC[N+](C)(C)Cc1ccc(COC(=O)C(C)(COC)COC(C)=O)cc1. The maximum Gasteiger partial charge on any atom is 0.317 e. The van der Waals surface area contributed by atoms with E-state index in [1.54, 1.807) is 6.92 Å². The van der Waals surface area contributed by atoms with Crippen LogP contribution in [-0.4, -0.2) is 57.4 Å². The first kappa shape index (κ1) is 23.1. The van der Waals surface area contributed by atoms with Crippen molar-refractivity contribution in [1.29, 1.82) is 0 Å². The number of hydrogen-bond donors (Lipinski definition) is 0. The number of esters is 2. The Bertz CT molecular complexity index is 612. The van der Waals surface area contributed by atoms with Crippen molar-refractivity contribution < 1.29 is 28.3 Å². The number of rotatable bonds is 11. The molecule has 0 bridgehead atoms. The van der Waals surface area contributed by atoms with Crippen molar-refractivity contribution in [3.05, 3.63) is 35.4 Å². The van der Waals surface area contributed by atoms with Crippen LogP contribution in [0.4, 0.5) is 0 Å². The molecular formula is C21H34NO5+. The van der Waals surface area contributed by atoms with Gasteiger partial charge in [-0.2, -0.15) is 0 Å². The normalized spacial score (nSPS) is 13.7. The summed E-state index contributed by atoms with van der Waals surface area (Å²) in [5, 5.41) is 0. The Balaban J connectivity index is 2.65.